The van der Waals surface area contributed by atoms with Crippen LogP contribution in [0.4, 0.5) is 0 Å². The van der Waals surface area contributed by atoms with Gasteiger partial charge in [0, 0.05) is 0 Å². The topological polar surface area (TPSA) is 38.3 Å². The maximum absolute atomic E-state index is 10.4. The summed E-state index contributed by atoms with van der Waals surface area (Å²) in [6.45, 7) is 0. The fourth-order valence-corrected chi connectivity index (χ4v) is 0.448. The summed E-state index contributed by atoms with van der Waals surface area (Å²) in [7, 11) is 0. The minimum atomic E-state index is -0.580. The molecule has 1 atom stereocenters. The summed E-state index contributed by atoms with van der Waals surface area (Å²) < 4.78 is 0. The SMILES string of the molecule is O=C1NOC=CC1Cl. The highest BCUT2D eigenvalue weighted by Crippen LogP contribution is 2.01. The van der Waals surface area contributed by atoms with Crippen molar-refractivity contribution in [1.29, 1.82) is 0 Å². The third-order valence-corrected chi connectivity index (χ3v) is 1.07. The van der Waals surface area contributed by atoms with Gasteiger partial charge in [0.15, 0.2) is 0 Å². The van der Waals surface area contributed by atoms with Gasteiger partial charge in [-0.2, -0.15) is 5.48 Å². The van der Waals surface area contributed by atoms with Gasteiger partial charge in [0.2, 0.25) is 0 Å². The van der Waals surface area contributed by atoms with Crippen LogP contribution in [0.5, 0.6) is 0 Å². The molecule has 1 unspecified atom stereocenters. The molecule has 1 rings (SSSR count). The molecule has 44 valence electrons. The van der Waals surface area contributed by atoms with E-state index in [-0.39, 0.29) is 5.91 Å². The van der Waals surface area contributed by atoms with Gasteiger partial charge >= 0.3 is 0 Å². The van der Waals surface area contributed by atoms with Gasteiger partial charge in [-0.1, -0.05) is 0 Å². The lowest BCUT2D eigenvalue weighted by Gasteiger charge is -2.09. The van der Waals surface area contributed by atoms with Crippen molar-refractivity contribution in [3.05, 3.63) is 12.3 Å². The molecule has 1 aliphatic rings. The van der Waals surface area contributed by atoms with Crippen molar-refractivity contribution in [1.82, 2.24) is 5.48 Å². The molecule has 0 aromatic rings. The van der Waals surface area contributed by atoms with E-state index >= 15 is 0 Å². The molecule has 8 heavy (non-hydrogen) atoms. The molecule has 0 radical (unpaired) electrons. The van der Waals surface area contributed by atoms with Crippen molar-refractivity contribution in [3.8, 4) is 0 Å². The molecule has 3 nitrogen and oxygen atoms in total. The Balaban J connectivity index is 2.60. The van der Waals surface area contributed by atoms with Crippen LogP contribution >= 0.6 is 11.6 Å². The molecular formula is C4H4ClNO2. The number of hydrogen-bond acceptors (Lipinski definition) is 2. The van der Waals surface area contributed by atoms with Crippen LogP contribution in [0.3, 0.4) is 0 Å². The Bertz CT molecular complexity index is 134. The summed E-state index contributed by atoms with van der Waals surface area (Å²) in [6.07, 6.45) is 2.79. The minimum absolute atomic E-state index is 0.325. The van der Waals surface area contributed by atoms with Gasteiger partial charge in [0.05, 0.1) is 0 Å². The van der Waals surface area contributed by atoms with Crippen molar-refractivity contribution in [2.24, 2.45) is 0 Å². The number of hydroxylamine groups is 1. The second-order valence-electron chi connectivity index (χ2n) is 1.31. The Labute approximate surface area is 51.2 Å². The van der Waals surface area contributed by atoms with Gasteiger partial charge in [-0.15, -0.1) is 11.6 Å². The van der Waals surface area contributed by atoms with E-state index in [9.17, 15) is 4.79 Å². The predicted octanol–water partition coefficient (Wildman–Crippen LogP) is 0.169. The fraction of sp³-hybridized carbons (Fsp3) is 0.250. The van der Waals surface area contributed by atoms with Gasteiger partial charge in [0.25, 0.3) is 5.91 Å². The van der Waals surface area contributed by atoms with Crippen LogP contribution < -0.4 is 5.48 Å². The highest BCUT2D eigenvalue weighted by atomic mass is 35.5. The number of hydrogen-bond donors (Lipinski definition) is 1. The first-order valence-corrected chi connectivity index (χ1v) is 2.50. The van der Waals surface area contributed by atoms with Crippen molar-refractivity contribution < 1.29 is 9.63 Å². The summed E-state index contributed by atoms with van der Waals surface area (Å²) in [5.41, 5.74) is 2.07. The molecular weight excluding hydrogens is 130 g/mol. The van der Waals surface area contributed by atoms with E-state index in [4.69, 9.17) is 11.6 Å². The zero-order chi connectivity index (χ0) is 5.98. The van der Waals surface area contributed by atoms with Crippen LogP contribution in [0, 0.1) is 0 Å². The fourth-order valence-electron chi connectivity index (χ4n) is 0.344. The van der Waals surface area contributed by atoms with Gasteiger partial charge in [0.1, 0.15) is 11.6 Å². The molecule has 0 saturated carbocycles. The number of carbonyl (C=O) groups excluding carboxylic acids is 1. The second-order valence-corrected chi connectivity index (χ2v) is 1.78. The summed E-state index contributed by atoms with van der Waals surface area (Å²) >= 11 is 5.39. The standard InChI is InChI=1S/C4H4ClNO2/c5-3-1-2-8-6-4(3)7/h1-3H,(H,6,7). The Morgan fingerprint density at radius 3 is 3.00 bits per heavy atom. The maximum atomic E-state index is 10.4. The number of carbonyl (C=O) groups is 1. The predicted molar refractivity (Wildman–Crippen MR) is 28.0 cm³/mol. The van der Waals surface area contributed by atoms with E-state index in [2.05, 4.69) is 10.3 Å². The molecule has 0 aliphatic carbocycles. The zero-order valence-electron chi connectivity index (χ0n) is 3.93. The Kier molecular flexibility index (Phi) is 1.39. The smallest absolute Gasteiger partial charge is 0.274 e. The van der Waals surface area contributed by atoms with E-state index in [1.807, 2.05) is 0 Å². The Hall–Kier alpha value is -0.700. The third kappa shape index (κ3) is 0.924. The molecule has 0 spiro atoms. The molecule has 0 aromatic heterocycles. The van der Waals surface area contributed by atoms with Crippen LogP contribution in [0.15, 0.2) is 12.3 Å². The van der Waals surface area contributed by atoms with Crippen molar-refractivity contribution >= 4 is 17.5 Å². The highest BCUT2D eigenvalue weighted by molar-refractivity contribution is 6.32. The lowest BCUT2D eigenvalue weighted by molar-refractivity contribution is -0.129. The number of nitrogens with one attached hydrogen (secondary N) is 1. The average molecular weight is 134 g/mol. The third-order valence-electron chi connectivity index (χ3n) is 0.726. The van der Waals surface area contributed by atoms with Crippen molar-refractivity contribution in [2.45, 2.75) is 5.38 Å². The van der Waals surface area contributed by atoms with Gasteiger partial charge in [-0.25, -0.2) is 0 Å². The number of alkyl halides is 1. The maximum Gasteiger partial charge on any atom is 0.274 e. The highest BCUT2D eigenvalue weighted by Gasteiger charge is 2.14. The van der Waals surface area contributed by atoms with Crippen LogP contribution in [-0.4, -0.2) is 11.3 Å². The molecule has 1 heterocycles. The van der Waals surface area contributed by atoms with E-state index in [1.54, 1.807) is 0 Å². The molecule has 1 N–H and O–H groups in total. The molecule has 0 bridgehead atoms. The molecule has 0 fully saturated rings. The summed E-state index contributed by atoms with van der Waals surface area (Å²) in [4.78, 5) is 14.8. The summed E-state index contributed by atoms with van der Waals surface area (Å²) in [5, 5.41) is -0.580. The summed E-state index contributed by atoms with van der Waals surface area (Å²) in [6, 6.07) is 0. The molecule has 0 aromatic carbocycles. The Morgan fingerprint density at radius 2 is 2.62 bits per heavy atom. The first-order chi connectivity index (χ1) is 3.80. The largest absolute Gasteiger partial charge is 0.388 e. The monoisotopic (exact) mass is 133 g/mol. The normalized spacial score (nSPS) is 26.6. The minimum Gasteiger partial charge on any atom is -0.388 e. The molecule has 1 amide bonds. The number of halogens is 1. The van der Waals surface area contributed by atoms with E-state index in [0.717, 1.165) is 0 Å². The van der Waals surface area contributed by atoms with E-state index < -0.39 is 5.38 Å². The lowest BCUT2D eigenvalue weighted by Crippen LogP contribution is -2.32. The van der Waals surface area contributed by atoms with E-state index in [1.165, 1.54) is 12.3 Å². The number of rotatable bonds is 0. The van der Waals surface area contributed by atoms with Crippen LogP contribution in [0.1, 0.15) is 0 Å². The van der Waals surface area contributed by atoms with Gasteiger partial charge < -0.3 is 4.84 Å². The van der Waals surface area contributed by atoms with Crippen LogP contribution in [-0.2, 0) is 9.63 Å². The van der Waals surface area contributed by atoms with Gasteiger partial charge in [-0.3, -0.25) is 4.79 Å². The summed E-state index contributed by atoms with van der Waals surface area (Å²) in [5.74, 6) is -0.325. The second kappa shape index (κ2) is 2.05. The average Bonchev–Trinajstić information content (AvgIpc) is 1.77. The zero-order valence-corrected chi connectivity index (χ0v) is 4.68. The first-order valence-electron chi connectivity index (χ1n) is 2.07. The lowest BCUT2D eigenvalue weighted by atomic mass is 10.4. The quantitative estimate of drug-likeness (QED) is 0.479. The first kappa shape index (κ1) is 5.44. The van der Waals surface area contributed by atoms with Crippen LogP contribution in [0.2, 0.25) is 0 Å². The van der Waals surface area contributed by atoms with E-state index in [0.29, 0.717) is 0 Å². The molecule has 4 heteroatoms. The van der Waals surface area contributed by atoms with Crippen molar-refractivity contribution in [3.63, 3.8) is 0 Å². The number of amides is 1. The Morgan fingerprint density at radius 1 is 1.88 bits per heavy atom. The van der Waals surface area contributed by atoms with Crippen molar-refractivity contribution in [2.75, 3.05) is 0 Å². The van der Waals surface area contributed by atoms with Gasteiger partial charge in [-0.05, 0) is 6.08 Å². The van der Waals surface area contributed by atoms with Crippen LogP contribution in [0.25, 0.3) is 0 Å². The molecule has 1 aliphatic heterocycles. The molecule has 0 saturated heterocycles.